The van der Waals surface area contributed by atoms with Gasteiger partial charge in [0.2, 0.25) is 0 Å². The van der Waals surface area contributed by atoms with Crippen LogP contribution in [-0.2, 0) is 0 Å². The molecule has 27 heavy (non-hydrogen) atoms. The summed E-state index contributed by atoms with van der Waals surface area (Å²) in [6.45, 7) is 7.52. The van der Waals surface area contributed by atoms with Gasteiger partial charge in [0, 0.05) is 23.5 Å². The van der Waals surface area contributed by atoms with Gasteiger partial charge in [0.1, 0.15) is 0 Å². The third kappa shape index (κ3) is 4.63. The van der Waals surface area contributed by atoms with E-state index in [1.165, 1.54) is 22.3 Å². The van der Waals surface area contributed by atoms with E-state index in [1.54, 1.807) is 0 Å². The molecule has 0 unspecified atom stereocenters. The molecule has 1 aliphatic rings. The fourth-order valence-corrected chi connectivity index (χ4v) is 3.80. The highest BCUT2D eigenvalue weighted by atomic mass is 32.1. The molecule has 1 fully saturated rings. The Morgan fingerprint density at radius 3 is 1.89 bits per heavy atom. The van der Waals surface area contributed by atoms with Crippen molar-refractivity contribution in [2.45, 2.75) is 31.6 Å². The normalized spacial score (nSPS) is 14.1. The van der Waals surface area contributed by atoms with Crippen LogP contribution in [0.1, 0.15) is 48.2 Å². The van der Waals surface area contributed by atoms with Crippen molar-refractivity contribution in [3.05, 3.63) is 70.8 Å². The third-order valence-electron chi connectivity index (χ3n) is 5.19. The summed E-state index contributed by atoms with van der Waals surface area (Å²) in [7, 11) is 0. The molecule has 4 heteroatoms. The van der Waals surface area contributed by atoms with E-state index < -0.39 is 0 Å². The van der Waals surface area contributed by atoms with E-state index in [1.807, 2.05) is 43.0 Å². The molecule has 3 nitrogen and oxygen atoms in total. The van der Waals surface area contributed by atoms with Crippen molar-refractivity contribution in [3.8, 4) is 0 Å². The van der Waals surface area contributed by atoms with E-state index in [0.29, 0.717) is 0 Å². The SMILES string of the molecule is CCN(CC)C(=O)c1ccc(C(=C2CCNCC2)c2ccc(S)cc2)cc1. The zero-order chi connectivity index (χ0) is 19.2. The number of amides is 1. The molecule has 0 atom stereocenters. The van der Waals surface area contributed by atoms with E-state index in [4.69, 9.17) is 0 Å². The van der Waals surface area contributed by atoms with Crippen molar-refractivity contribution in [3.63, 3.8) is 0 Å². The number of thiol groups is 1. The predicted octanol–water partition coefficient (Wildman–Crippen LogP) is 4.64. The largest absolute Gasteiger partial charge is 0.339 e. The van der Waals surface area contributed by atoms with Gasteiger partial charge in [-0.2, -0.15) is 0 Å². The first-order chi connectivity index (χ1) is 13.1. The van der Waals surface area contributed by atoms with Gasteiger partial charge < -0.3 is 10.2 Å². The topological polar surface area (TPSA) is 32.3 Å². The molecule has 0 spiro atoms. The highest BCUT2D eigenvalue weighted by molar-refractivity contribution is 7.80. The maximum atomic E-state index is 12.6. The molecule has 0 radical (unpaired) electrons. The maximum absolute atomic E-state index is 12.6. The summed E-state index contributed by atoms with van der Waals surface area (Å²) in [6, 6.07) is 16.5. The number of nitrogens with one attached hydrogen (secondary N) is 1. The minimum absolute atomic E-state index is 0.0991. The van der Waals surface area contributed by atoms with Crippen molar-refractivity contribution in [1.29, 1.82) is 0 Å². The summed E-state index contributed by atoms with van der Waals surface area (Å²) in [5.41, 5.74) is 5.92. The predicted molar refractivity (Wildman–Crippen MR) is 116 cm³/mol. The lowest BCUT2D eigenvalue weighted by Crippen LogP contribution is -2.30. The number of carbonyl (C=O) groups excluding carboxylic acids is 1. The second kappa shape index (κ2) is 9.25. The van der Waals surface area contributed by atoms with Crippen LogP contribution in [-0.4, -0.2) is 37.0 Å². The molecule has 2 aromatic carbocycles. The highest BCUT2D eigenvalue weighted by Gasteiger charge is 2.16. The van der Waals surface area contributed by atoms with Crippen molar-refractivity contribution in [2.75, 3.05) is 26.2 Å². The Kier molecular flexibility index (Phi) is 6.75. The Morgan fingerprint density at radius 1 is 0.889 bits per heavy atom. The van der Waals surface area contributed by atoms with E-state index in [-0.39, 0.29) is 5.91 Å². The van der Waals surface area contributed by atoms with Gasteiger partial charge >= 0.3 is 0 Å². The summed E-state index contributed by atoms with van der Waals surface area (Å²) >= 11 is 4.42. The first-order valence-electron chi connectivity index (χ1n) is 9.75. The molecule has 1 aliphatic heterocycles. The zero-order valence-corrected chi connectivity index (χ0v) is 17.1. The number of rotatable bonds is 5. The van der Waals surface area contributed by atoms with Crippen LogP contribution in [0.15, 0.2) is 59.0 Å². The third-order valence-corrected chi connectivity index (χ3v) is 5.49. The number of carbonyl (C=O) groups is 1. The maximum Gasteiger partial charge on any atom is 0.253 e. The van der Waals surface area contributed by atoms with Gasteiger partial charge in [-0.1, -0.05) is 29.8 Å². The smallest absolute Gasteiger partial charge is 0.253 e. The Hall–Kier alpha value is -2.04. The molecule has 0 aliphatic carbocycles. The molecular formula is C23H28N2OS. The summed E-state index contributed by atoms with van der Waals surface area (Å²) in [4.78, 5) is 15.4. The fourth-order valence-electron chi connectivity index (χ4n) is 3.65. The van der Waals surface area contributed by atoms with Crippen molar-refractivity contribution >= 4 is 24.1 Å². The molecule has 1 heterocycles. The quantitative estimate of drug-likeness (QED) is 0.741. The minimum Gasteiger partial charge on any atom is -0.339 e. The van der Waals surface area contributed by atoms with Crippen molar-refractivity contribution in [2.24, 2.45) is 0 Å². The molecule has 3 rings (SSSR count). The van der Waals surface area contributed by atoms with Gasteiger partial charge in [-0.15, -0.1) is 12.6 Å². The summed E-state index contributed by atoms with van der Waals surface area (Å²) in [5.74, 6) is 0.0991. The van der Waals surface area contributed by atoms with Gasteiger partial charge in [0.05, 0.1) is 0 Å². The van der Waals surface area contributed by atoms with Gasteiger partial charge in [-0.25, -0.2) is 0 Å². The van der Waals surface area contributed by atoms with E-state index >= 15 is 0 Å². The van der Waals surface area contributed by atoms with Crippen LogP contribution in [0.2, 0.25) is 0 Å². The summed E-state index contributed by atoms with van der Waals surface area (Å²) in [5, 5.41) is 3.43. The molecule has 0 saturated carbocycles. The van der Waals surface area contributed by atoms with Crippen molar-refractivity contribution < 1.29 is 4.79 Å². The zero-order valence-electron chi connectivity index (χ0n) is 16.2. The number of piperidine rings is 1. The van der Waals surface area contributed by atoms with Gasteiger partial charge in [-0.05, 0) is 80.7 Å². The second-order valence-electron chi connectivity index (χ2n) is 6.83. The average molecular weight is 381 g/mol. The Bertz CT molecular complexity index is 797. The van der Waals surface area contributed by atoms with Gasteiger partial charge in [0.25, 0.3) is 5.91 Å². The van der Waals surface area contributed by atoms with Gasteiger partial charge in [-0.3, -0.25) is 4.79 Å². The molecule has 0 bridgehead atoms. The molecule has 2 aromatic rings. The van der Waals surface area contributed by atoms with Crippen LogP contribution in [0.4, 0.5) is 0 Å². The van der Waals surface area contributed by atoms with Gasteiger partial charge in [0.15, 0.2) is 0 Å². The second-order valence-corrected chi connectivity index (χ2v) is 7.35. The average Bonchev–Trinajstić information content (AvgIpc) is 2.72. The Labute approximate surface area is 167 Å². The van der Waals surface area contributed by atoms with E-state index in [2.05, 4.69) is 42.2 Å². The van der Waals surface area contributed by atoms with Crippen LogP contribution < -0.4 is 5.32 Å². The lowest BCUT2D eigenvalue weighted by Gasteiger charge is -2.22. The Morgan fingerprint density at radius 2 is 1.37 bits per heavy atom. The standard InChI is InChI=1S/C23H28N2OS/c1-3-25(4-2)23(26)20-7-5-17(6-8-20)22(19-13-15-24-16-14-19)18-9-11-21(27)12-10-18/h5-12,24,27H,3-4,13-16H2,1-2H3. The van der Waals surface area contributed by atoms with E-state index in [0.717, 1.165) is 49.5 Å². The molecule has 1 N–H and O–H groups in total. The molecular weight excluding hydrogens is 352 g/mol. The number of hydrogen-bond donors (Lipinski definition) is 2. The summed E-state index contributed by atoms with van der Waals surface area (Å²) < 4.78 is 0. The van der Waals surface area contributed by atoms with Crippen LogP contribution in [0, 0.1) is 0 Å². The lowest BCUT2D eigenvalue weighted by atomic mass is 9.88. The Balaban J connectivity index is 1.98. The van der Waals surface area contributed by atoms with Crippen LogP contribution in [0.3, 0.4) is 0 Å². The fraction of sp³-hybridized carbons (Fsp3) is 0.348. The molecule has 142 valence electrons. The molecule has 0 aromatic heterocycles. The lowest BCUT2D eigenvalue weighted by molar-refractivity contribution is 0.0773. The first-order valence-corrected chi connectivity index (χ1v) is 10.2. The van der Waals surface area contributed by atoms with Crippen LogP contribution in [0.25, 0.3) is 5.57 Å². The highest BCUT2D eigenvalue weighted by Crippen LogP contribution is 2.32. The summed E-state index contributed by atoms with van der Waals surface area (Å²) in [6.07, 6.45) is 2.11. The monoisotopic (exact) mass is 380 g/mol. The van der Waals surface area contributed by atoms with Crippen molar-refractivity contribution in [1.82, 2.24) is 10.2 Å². The van der Waals surface area contributed by atoms with Crippen LogP contribution in [0.5, 0.6) is 0 Å². The number of nitrogens with zero attached hydrogens (tertiary/aromatic N) is 1. The molecule has 1 saturated heterocycles. The van der Waals surface area contributed by atoms with E-state index in [9.17, 15) is 4.79 Å². The van der Waals surface area contributed by atoms with Crippen LogP contribution >= 0.6 is 12.6 Å². The number of hydrogen-bond acceptors (Lipinski definition) is 3. The first kappa shape index (κ1) is 19.7. The minimum atomic E-state index is 0.0991. The molecule has 1 amide bonds. The number of benzene rings is 2.